The van der Waals surface area contributed by atoms with Crippen molar-refractivity contribution in [3.05, 3.63) is 0 Å². The molecular formula is C14H28ClN3O2S. The lowest BCUT2D eigenvalue weighted by atomic mass is 9.72. The second-order valence-corrected chi connectivity index (χ2v) is 9.09. The van der Waals surface area contributed by atoms with Gasteiger partial charge in [-0.3, -0.25) is 0 Å². The molecule has 0 radical (unpaired) electrons. The Morgan fingerprint density at radius 1 is 1.24 bits per heavy atom. The van der Waals surface area contributed by atoms with E-state index < -0.39 is 10.0 Å². The van der Waals surface area contributed by atoms with Gasteiger partial charge in [-0.2, -0.15) is 0 Å². The molecule has 0 aromatic rings. The third kappa shape index (κ3) is 3.72. The number of piperidine rings is 1. The van der Waals surface area contributed by atoms with Crippen LogP contribution < -0.4 is 5.32 Å². The maximum Gasteiger partial charge on any atom is 0.213 e. The minimum Gasteiger partial charge on any atom is -0.316 e. The Morgan fingerprint density at radius 2 is 1.90 bits per heavy atom. The molecule has 21 heavy (non-hydrogen) atoms. The van der Waals surface area contributed by atoms with Crippen LogP contribution in [-0.4, -0.2) is 69.2 Å². The Balaban J connectivity index is 0.00000161. The minimum absolute atomic E-state index is 0. The van der Waals surface area contributed by atoms with Gasteiger partial charge in [0, 0.05) is 32.7 Å². The summed E-state index contributed by atoms with van der Waals surface area (Å²) in [4.78, 5) is 2.57. The molecular weight excluding hydrogens is 310 g/mol. The van der Waals surface area contributed by atoms with E-state index in [4.69, 9.17) is 0 Å². The predicted molar refractivity (Wildman–Crippen MR) is 87.4 cm³/mol. The highest BCUT2D eigenvalue weighted by molar-refractivity contribution is 7.89. The van der Waals surface area contributed by atoms with E-state index in [1.165, 1.54) is 39.1 Å². The third-order valence-corrected chi connectivity index (χ3v) is 7.22. The lowest BCUT2D eigenvalue weighted by Gasteiger charge is -2.54. The largest absolute Gasteiger partial charge is 0.316 e. The smallest absolute Gasteiger partial charge is 0.213 e. The normalized spacial score (nSPS) is 30.0. The molecule has 3 heterocycles. The molecule has 3 aliphatic heterocycles. The van der Waals surface area contributed by atoms with Gasteiger partial charge in [0.25, 0.3) is 0 Å². The van der Waals surface area contributed by atoms with E-state index >= 15 is 0 Å². The number of rotatable bonds is 4. The van der Waals surface area contributed by atoms with Gasteiger partial charge in [-0.25, -0.2) is 12.7 Å². The van der Waals surface area contributed by atoms with Gasteiger partial charge in [-0.15, -0.1) is 12.4 Å². The maximum atomic E-state index is 11.9. The van der Waals surface area contributed by atoms with Crippen LogP contribution in [0.2, 0.25) is 0 Å². The van der Waals surface area contributed by atoms with Gasteiger partial charge in [-0.1, -0.05) is 0 Å². The van der Waals surface area contributed by atoms with Crippen molar-refractivity contribution in [1.29, 1.82) is 0 Å². The molecule has 0 bridgehead atoms. The van der Waals surface area contributed by atoms with Crippen LogP contribution in [0.15, 0.2) is 0 Å². The van der Waals surface area contributed by atoms with Gasteiger partial charge in [0.15, 0.2) is 0 Å². The summed E-state index contributed by atoms with van der Waals surface area (Å²) in [7, 11) is -2.98. The fourth-order valence-corrected chi connectivity index (χ4v) is 5.11. The van der Waals surface area contributed by atoms with Crippen molar-refractivity contribution in [2.45, 2.75) is 26.2 Å². The lowest BCUT2D eigenvalue weighted by molar-refractivity contribution is -0.0407. The topological polar surface area (TPSA) is 52.7 Å². The fraction of sp³-hybridized carbons (Fsp3) is 1.00. The Morgan fingerprint density at radius 3 is 2.43 bits per heavy atom. The summed E-state index contributed by atoms with van der Waals surface area (Å²) < 4.78 is 25.4. The average molecular weight is 338 g/mol. The third-order valence-electron chi connectivity index (χ3n) is 5.34. The maximum absolute atomic E-state index is 11.9. The Hall–Kier alpha value is 0.120. The Kier molecular flexibility index (Phi) is 5.58. The average Bonchev–Trinajstić information content (AvgIpc) is 2.90. The molecule has 0 aromatic heterocycles. The molecule has 3 fully saturated rings. The first kappa shape index (κ1) is 17.5. The molecule has 0 aliphatic carbocycles. The van der Waals surface area contributed by atoms with Gasteiger partial charge in [0.05, 0.1) is 5.75 Å². The monoisotopic (exact) mass is 337 g/mol. The van der Waals surface area contributed by atoms with Crippen molar-refractivity contribution in [2.24, 2.45) is 11.3 Å². The van der Waals surface area contributed by atoms with Crippen LogP contribution in [0, 0.1) is 11.3 Å². The summed E-state index contributed by atoms with van der Waals surface area (Å²) in [6.07, 6.45) is 3.41. The zero-order chi connectivity index (χ0) is 14.2. The van der Waals surface area contributed by atoms with E-state index in [1.807, 2.05) is 0 Å². The summed E-state index contributed by atoms with van der Waals surface area (Å²) in [6, 6.07) is 0. The second kappa shape index (κ2) is 6.71. The zero-order valence-corrected chi connectivity index (χ0v) is 14.5. The van der Waals surface area contributed by atoms with Crippen LogP contribution in [0.1, 0.15) is 26.2 Å². The number of hydrogen-bond acceptors (Lipinski definition) is 4. The van der Waals surface area contributed by atoms with Crippen molar-refractivity contribution < 1.29 is 8.42 Å². The first-order valence-corrected chi connectivity index (χ1v) is 9.55. The molecule has 0 amide bonds. The molecule has 1 atom stereocenters. The first-order chi connectivity index (χ1) is 9.53. The molecule has 1 N–H and O–H groups in total. The second-order valence-electron chi connectivity index (χ2n) is 6.83. The lowest BCUT2D eigenvalue weighted by Crippen LogP contribution is -2.61. The highest BCUT2D eigenvalue weighted by Crippen LogP contribution is 2.41. The van der Waals surface area contributed by atoms with Gasteiger partial charge >= 0.3 is 0 Å². The number of nitrogens with one attached hydrogen (secondary N) is 1. The molecule has 0 aromatic carbocycles. The molecule has 3 aliphatic rings. The molecule has 124 valence electrons. The minimum atomic E-state index is -2.98. The molecule has 7 heteroatoms. The summed E-state index contributed by atoms with van der Waals surface area (Å²) >= 11 is 0. The van der Waals surface area contributed by atoms with E-state index in [-0.39, 0.29) is 18.2 Å². The highest BCUT2D eigenvalue weighted by Gasteiger charge is 2.46. The number of nitrogens with zero attached hydrogens (tertiary/aromatic N) is 2. The van der Waals surface area contributed by atoms with Crippen LogP contribution in [0.4, 0.5) is 0 Å². The quantitative estimate of drug-likeness (QED) is 0.823. The van der Waals surface area contributed by atoms with Crippen LogP contribution in [-0.2, 0) is 10.0 Å². The number of likely N-dealkylation sites (tertiary alicyclic amines) is 1. The number of hydrogen-bond donors (Lipinski definition) is 1. The van der Waals surface area contributed by atoms with Gasteiger partial charge in [0.2, 0.25) is 10.0 Å². The van der Waals surface area contributed by atoms with Crippen molar-refractivity contribution in [3.8, 4) is 0 Å². The number of sulfonamides is 1. The van der Waals surface area contributed by atoms with Gasteiger partial charge in [0.1, 0.15) is 0 Å². The number of halogens is 1. The SMILES string of the molecule is CCS(=O)(=O)N1CCC2(CC1)CN(C[C@@H]1CCNC1)C2.Cl. The van der Waals surface area contributed by atoms with E-state index in [0.717, 1.165) is 31.8 Å². The fourth-order valence-electron chi connectivity index (χ4n) is 4.00. The van der Waals surface area contributed by atoms with E-state index in [0.29, 0.717) is 5.41 Å². The molecule has 0 saturated carbocycles. The van der Waals surface area contributed by atoms with Crippen molar-refractivity contribution in [1.82, 2.24) is 14.5 Å². The van der Waals surface area contributed by atoms with Crippen LogP contribution in [0.3, 0.4) is 0 Å². The van der Waals surface area contributed by atoms with Crippen molar-refractivity contribution in [2.75, 3.05) is 51.6 Å². The van der Waals surface area contributed by atoms with Crippen LogP contribution >= 0.6 is 12.4 Å². The van der Waals surface area contributed by atoms with Crippen molar-refractivity contribution >= 4 is 22.4 Å². The van der Waals surface area contributed by atoms with Crippen molar-refractivity contribution in [3.63, 3.8) is 0 Å². The summed E-state index contributed by atoms with van der Waals surface area (Å²) in [5, 5.41) is 3.43. The molecule has 3 saturated heterocycles. The van der Waals surface area contributed by atoms with Gasteiger partial charge in [-0.05, 0) is 50.6 Å². The Labute approximate surface area is 134 Å². The first-order valence-electron chi connectivity index (χ1n) is 7.94. The van der Waals surface area contributed by atoms with E-state index in [9.17, 15) is 8.42 Å². The predicted octanol–water partition coefficient (Wildman–Crippen LogP) is 0.765. The standard InChI is InChI=1S/C14H27N3O2S.ClH/c1-2-20(18,19)17-7-4-14(5-8-17)11-16(12-14)10-13-3-6-15-9-13;/h13,15H,2-12H2,1H3;1H/t13-;/m1./s1. The summed E-state index contributed by atoms with van der Waals surface area (Å²) in [5.41, 5.74) is 0.422. The molecule has 5 nitrogen and oxygen atoms in total. The molecule has 1 spiro atoms. The van der Waals surface area contributed by atoms with Crippen LogP contribution in [0.5, 0.6) is 0 Å². The van der Waals surface area contributed by atoms with Gasteiger partial charge < -0.3 is 10.2 Å². The summed E-state index contributed by atoms with van der Waals surface area (Å²) in [5.74, 6) is 1.06. The molecule has 0 unspecified atom stereocenters. The van der Waals surface area contributed by atoms with Crippen LogP contribution in [0.25, 0.3) is 0 Å². The van der Waals surface area contributed by atoms with E-state index in [1.54, 1.807) is 11.2 Å². The Bertz CT molecular complexity index is 435. The van der Waals surface area contributed by atoms with E-state index in [2.05, 4.69) is 10.2 Å². The highest BCUT2D eigenvalue weighted by atomic mass is 35.5. The molecule has 3 rings (SSSR count). The zero-order valence-electron chi connectivity index (χ0n) is 12.9. The summed E-state index contributed by atoms with van der Waals surface area (Å²) in [6.45, 7) is 9.14.